The highest BCUT2D eigenvalue weighted by Gasteiger charge is 2.22. The molecule has 138 valence electrons. The third kappa shape index (κ3) is 5.76. The lowest BCUT2D eigenvalue weighted by Crippen LogP contribution is -2.25. The number of aliphatic hydroxyl groups is 1. The van der Waals surface area contributed by atoms with Crippen molar-refractivity contribution in [1.82, 2.24) is 5.32 Å². The molecule has 1 aliphatic heterocycles. The zero-order chi connectivity index (χ0) is 18.1. The van der Waals surface area contributed by atoms with Gasteiger partial charge in [0, 0.05) is 18.6 Å². The number of fused-ring (bicyclic) bond motifs is 1. The minimum absolute atomic E-state index is 0.00435. The van der Waals surface area contributed by atoms with Gasteiger partial charge >= 0.3 is 0 Å². The molecule has 0 bridgehead atoms. The first-order valence-electron chi connectivity index (χ1n) is 8.79. The fourth-order valence-electron chi connectivity index (χ4n) is 2.63. The fraction of sp³-hybridized carbons (Fsp3) is 0.526. The lowest BCUT2D eigenvalue weighted by Gasteiger charge is -2.23. The Labute approximate surface area is 149 Å². The largest absolute Gasteiger partial charge is 0.493 e. The van der Waals surface area contributed by atoms with E-state index in [1.807, 2.05) is 19.1 Å². The Hall–Kier alpha value is -2.05. The molecule has 1 heterocycles. The maximum Gasteiger partial charge on any atom is 0.224 e. The third-order valence-corrected chi connectivity index (χ3v) is 4.01. The third-order valence-electron chi connectivity index (χ3n) is 4.01. The standard InChI is InChI=1S/C19H28N2O4/c1-3-10-24-17-7-6-16(15-5-8-18(23)21-19(15)17)25-11-4-9-20-12-14(2)13-22/h3,6-7,14,20,22H,1,4-5,8-13H2,2H3,(H,21,23). The average Bonchev–Trinajstić information content (AvgIpc) is 2.62. The molecule has 1 unspecified atom stereocenters. The number of rotatable bonds is 11. The van der Waals surface area contributed by atoms with Gasteiger partial charge in [-0.25, -0.2) is 0 Å². The molecule has 6 nitrogen and oxygen atoms in total. The molecule has 1 amide bonds. The van der Waals surface area contributed by atoms with Crippen LogP contribution in [0.5, 0.6) is 11.5 Å². The minimum Gasteiger partial charge on any atom is -0.493 e. The molecule has 0 radical (unpaired) electrons. The number of ether oxygens (including phenoxy) is 2. The lowest BCUT2D eigenvalue weighted by atomic mass is 10.0. The van der Waals surface area contributed by atoms with Crippen molar-refractivity contribution in [1.29, 1.82) is 0 Å². The Morgan fingerprint density at radius 1 is 1.36 bits per heavy atom. The molecule has 6 heteroatoms. The van der Waals surface area contributed by atoms with Crippen molar-refractivity contribution in [3.05, 3.63) is 30.4 Å². The van der Waals surface area contributed by atoms with Crippen LogP contribution in [0.25, 0.3) is 0 Å². The number of carbonyl (C=O) groups excluding carboxylic acids is 1. The molecule has 1 aliphatic rings. The number of carbonyl (C=O) groups is 1. The highest BCUT2D eigenvalue weighted by molar-refractivity contribution is 5.96. The monoisotopic (exact) mass is 348 g/mol. The summed E-state index contributed by atoms with van der Waals surface area (Å²) in [5.41, 5.74) is 1.70. The molecule has 0 fully saturated rings. The number of anilines is 1. The Balaban J connectivity index is 1.91. The zero-order valence-electron chi connectivity index (χ0n) is 14.8. The van der Waals surface area contributed by atoms with Crippen molar-refractivity contribution >= 4 is 11.6 Å². The molecule has 0 saturated heterocycles. The quantitative estimate of drug-likeness (QED) is 0.422. The minimum atomic E-state index is -0.00435. The summed E-state index contributed by atoms with van der Waals surface area (Å²) in [5.74, 6) is 1.70. The van der Waals surface area contributed by atoms with E-state index in [0.29, 0.717) is 37.5 Å². The predicted molar refractivity (Wildman–Crippen MR) is 98.3 cm³/mol. The summed E-state index contributed by atoms with van der Waals surface area (Å²) in [7, 11) is 0. The van der Waals surface area contributed by atoms with Crippen LogP contribution in [0.4, 0.5) is 5.69 Å². The molecule has 0 spiro atoms. The molecule has 0 aromatic heterocycles. The van der Waals surface area contributed by atoms with E-state index >= 15 is 0 Å². The summed E-state index contributed by atoms with van der Waals surface area (Å²) in [6.45, 7) is 8.46. The van der Waals surface area contributed by atoms with Gasteiger partial charge in [-0.15, -0.1) is 0 Å². The number of amides is 1. The molecule has 1 atom stereocenters. The summed E-state index contributed by atoms with van der Waals surface area (Å²) in [6, 6.07) is 3.72. The van der Waals surface area contributed by atoms with Crippen molar-refractivity contribution in [2.75, 3.05) is 38.2 Å². The van der Waals surface area contributed by atoms with E-state index in [4.69, 9.17) is 14.6 Å². The van der Waals surface area contributed by atoms with Crippen LogP contribution in [-0.4, -0.2) is 43.9 Å². The van der Waals surface area contributed by atoms with Crippen LogP contribution in [0.15, 0.2) is 24.8 Å². The molecule has 25 heavy (non-hydrogen) atoms. The van der Waals surface area contributed by atoms with Gasteiger partial charge in [-0.05, 0) is 44.0 Å². The van der Waals surface area contributed by atoms with Gasteiger partial charge in [0.25, 0.3) is 0 Å². The van der Waals surface area contributed by atoms with Gasteiger partial charge in [0.05, 0.1) is 12.3 Å². The summed E-state index contributed by atoms with van der Waals surface area (Å²) in [5, 5.41) is 15.2. The second kappa shape index (κ2) is 10.1. The highest BCUT2D eigenvalue weighted by atomic mass is 16.5. The first kappa shape index (κ1) is 19.3. The van der Waals surface area contributed by atoms with Crippen molar-refractivity contribution in [3.8, 4) is 11.5 Å². The van der Waals surface area contributed by atoms with Crippen LogP contribution < -0.4 is 20.1 Å². The van der Waals surface area contributed by atoms with Crippen molar-refractivity contribution in [2.45, 2.75) is 26.2 Å². The van der Waals surface area contributed by atoms with E-state index in [9.17, 15) is 4.79 Å². The second-order valence-corrected chi connectivity index (χ2v) is 6.26. The number of hydrogen-bond acceptors (Lipinski definition) is 5. The van der Waals surface area contributed by atoms with E-state index in [2.05, 4.69) is 17.2 Å². The first-order valence-corrected chi connectivity index (χ1v) is 8.79. The number of benzene rings is 1. The Bertz CT molecular complexity index is 589. The molecule has 1 aromatic rings. The van der Waals surface area contributed by atoms with Crippen LogP contribution in [0.3, 0.4) is 0 Å². The van der Waals surface area contributed by atoms with Gasteiger partial charge < -0.3 is 25.2 Å². The summed E-state index contributed by atoms with van der Waals surface area (Å²) in [4.78, 5) is 11.7. The van der Waals surface area contributed by atoms with Crippen LogP contribution in [0.1, 0.15) is 25.3 Å². The van der Waals surface area contributed by atoms with E-state index in [-0.39, 0.29) is 18.4 Å². The van der Waals surface area contributed by atoms with E-state index in [0.717, 1.165) is 30.8 Å². The Morgan fingerprint density at radius 2 is 2.16 bits per heavy atom. The Morgan fingerprint density at radius 3 is 2.92 bits per heavy atom. The molecular formula is C19H28N2O4. The molecule has 3 N–H and O–H groups in total. The van der Waals surface area contributed by atoms with E-state index < -0.39 is 0 Å². The summed E-state index contributed by atoms with van der Waals surface area (Å²) < 4.78 is 11.5. The van der Waals surface area contributed by atoms with Gasteiger partial charge in [0.1, 0.15) is 18.1 Å². The van der Waals surface area contributed by atoms with Crippen molar-refractivity contribution < 1.29 is 19.4 Å². The van der Waals surface area contributed by atoms with Crippen molar-refractivity contribution in [3.63, 3.8) is 0 Å². The molecule has 0 aliphatic carbocycles. The molecule has 2 rings (SSSR count). The SMILES string of the molecule is C=CCOc1ccc(OCCCNCC(C)CO)c2c1NC(=O)CC2. The molecular weight excluding hydrogens is 320 g/mol. The maximum absolute atomic E-state index is 11.7. The maximum atomic E-state index is 11.7. The number of hydrogen-bond donors (Lipinski definition) is 3. The van der Waals surface area contributed by atoms with Crippen LogP contribution in [0.2, 0.25) is 0 Å². The Kier molecular flexibility index (Phi) is 7.76. The highest BCUT2D eigenvalue weighted by Crippen LogP contribution is 2.38. The zero-order valence-corrected chi connectivity index (χ0v) is 14.8. The van der Waals surface area contributed by atoms with Crippen LogP contribution in [-0.2, 0) is 11.2 Å². The smallest absolute Gasteiger partial charge is 0.224 e. The van der Waals surface area contributed by atoms with Crippen LogP contribution >= 0.6 is 0 Å². The fourth-order valence-corrected chi connectivity index (χ4v) is 2.63. The van der Waals surface area contributed by atoms with Gasteiger partial charge in [-0.2, -0.15) is 0 Å². The van der Waals surface area contributed by atoms with Crippen molar-refractivity contribution in [2.24, 2.45) is 5.92 Å². The van der Waals surface area contributed by atoms with E-state index in [1.54, 1.807) is 6.08 Å². The van der Waals surface area contributed by atoms with Gasteiger partial charge in [0.2, 0.25) is 5.91 Å². The lowest BCUT2D eigenvalue weighted by molar-refractivity contribution is -0.116. The van der Waals surface area contributed by atoms with E-state index in [1.165, 1.54) is 0 Å². The topological polar surface area (TPSA) is 79.8 Å². The summed E-state index contributed by atoms with van der Waals surface area (Å²) >= 11 is 0. The van der Waals surface area contributed by atoms with Gasteiger partial charge in [0.15, 0.2) is 0 Å². The molecule has 1 aromatic carbocycles. The van der Waals surface area contributed by atoms with Gasteiger partial charge in [-0.1, -0.05) is 19.6 Å². The van der Waals surface area contributed by atoms with Crippen LogP contribution in [0, 0.1) is 5.92 Å². The number of aliphatic hydroxyl groups excluding tert-OH is 1. The second-order valence-electron chi connectivity index (χ2n) is 6.26. The summed E-state index contributed by atoms with van der Waals surface area (Å²) in [6.07, 6.45) is 3.64. The molecule has 0 saturated carbocycles. The normalized spacial score (nSPS) is 14.4. The number of nitrogens with one attached hydrogen (secondary N) is 2. The van der Waals surface area contributed by atoms with Gasteiger partial charge in [-0.3, -0.25) is 4.79 Å². The predicted octanol–water partition coefficient (Wildman–Crippen LogP) is 2.12. The first-order chi connectivity index (χ1) is 12.2. The average molecular weight is 348 g/mol.